The molecule has 3 aliphatic carbocycles. The lowest BCUT2D eigenvalue weighted by Gasteiger charge is -2.24. The van der Waals surface area contributed by atoms with Crippen LogP contribution in [0.3, 0.4) is 0 Å². The Kier molecular flexibility index (Phi) is 3.57. The highest BCUT2D eigenvalue weighted by Crippen LogP contribution is 2.48. The molecule has 0 aromatic rings. The van der Waals surface area contributed by atoms with Crippen LogP contribution in [0.25, 0.3) is 0 Å². The third-order valence-electron chi connectivity index (χ3n) is 6.17. The van der Waals surface area contributed by atoms with Crippen molar-refractivity contribution in [3.8, 4) is 0 Å². The fourth-order valence-electron chi connectivity index (χ4n) is 4.78. The highest BCUT2D eigenvalue weighted by molar-refractivity contribution is 4.95. The van der Waals surface area contributed by atoms with Crippen molar-refractivity contribution < 1.29 is 0 Å². The molecule has 4 rings (SSSR count). The zero-order valence-corrected chi connectivity index (χ0v) is 12.2. The fourth-order valence-corrected chi connectivity index (χ4v) is 4.78. The van der Waals surface area contributed by atoms with Gasteiger partial charge in [0.1, 0.15) is 0 Å². The molecular weight excluding hydrogens is 232 g/mol. The molecule has 3 saturated carbocycles. The summed E-state index contributed by atoms with van der Waals surface area (Å²) in [5, 5.41) is 7.71. The van der Waals surface area contributed by atoms with Gasteiger partial charge in [-0.3, -0.25) is 0 Å². The van der Waals surface area contributed by atoms with E-state index in [-0.39, 0.29) is 0 Å². The first-order chi connectivity index (χ1) is 9.40. The molecule has 1 saturated heterocycles. The first-order valence-corrected chi connectivity index (χ1v) is 8.87. The Labute approximate surface area is 118 Å². The second-order valence-electron chi connectivity index (χ2n) is 7.75. The zero-order valence-electron chi connectivity index (χ0n) is 12.2. The molecule has 3 unspecified atom stereocenters. The molecule has 108 valence electrons. The van der Waals surface area contributed by atoms with E-state index < -0.39 is 0 Å². The minimum absolute atomic E-state index is 0.771. The van der Waals surface area contributed by atoms with Gasteiger partial charge in [0.05, 0.1) is 0 Å². The van der Waals surface area contributed by atoms with Gasteiger partial charge in [0.2, 0.25) is 0 Å². The summed E-state index contributed by atoms with van der Waals surface area (Å²) in [6.45, 7) is 2.53. The second kappa shape index (κ2) is 5.37. The Hall–Kier alpha value is -0.0800. The van der Waals surface area contributed by atoms with Crippen LogP contribution in [0.4, 0.5) is 0 Å². The zero-order chi connectivity index (χ0) is 12.7. The van der Waals surface area contributed by atoms with Gasteiger partial charge >= 0.3 is 0 Å². The van der Waals surface area contributed by atoms with Gasteiger partial charge < -0.3 is 10.6 Å². The number of hydrogen-bond acceptors (Lipinski definition) is 2. The molecule has 19 heavy (non-hydrogen) atoms. The molecule has 2 heteroatoms. The number of rotatable bonds is 6. The normalized spacial score (nSPS) is 38.7. The summed E-state index contributed by atoms with van der Waals surface area (Å²) < 4.78 is 0. The monoisotopic (exact) mass is 262 g/mol. The average molecular weight is 262 g/mol. The lowest BCUT2D eigenvalue weighted by atomic mass is 9.85. The van der Waals surface area contributed by atoms with E-state index in [4.69, 9.17) is 0 Å². The third kappa shape index (κ3) is 3.00. The number of fused-ring (bicyclic) bond motifs is 1. The Bertz CT molecular complexity index is 282. The summed E-state index contributed by atoms with van der Waals surface area (Å²) in [7, 11) is 0. The topological polar surface area (TPSA) is 24.1 Å². The van der Waals surface area contributed by atoms with E-state index in [2.05, 4.69) is 10.6 Å². The van der Waals surface area contributed by atoms with Gasteiger partial charge in [0.25, 0.3) is 0 Å². The summed E-state index contributed by atoms with van der Waals surface area (Å²) >= 11 is 0. The minimum atomic E-state index is 0.771. The molecule has 3 atom stereocenters. The van der Waals surface area contributed by atoms with Gasteiger partial charge in [-0.25, -0.2) is 0 Å². The van der Waals surface area contributed by atoms with Crippen LogP contribution in [0.1, 0.15) is 57.8 Å². The Balaban J connectivity index is 1.20. The van der Waals surface area contributed by atoms with Crippen LogP contribution in [0.2, 0.25) is 0 Å². The molecule has 0 aromatic carbocycles. The molecule has 2 N–H and O–H groups in total. The van der Waals surface area contributed by atoms with E-state index in [0.717, 1.165) is 35.8 Å². The molecule has 0 bridgehead atoms. The first-order valence-electron chi connectivity index (χ1n) is 8.87. The third-order valence-corrected chi connectivity index (χ3v) is 6.17. The molecule has 0 spiro atoms. The lowest BCUT2D eigenvalue weighted by molar-refractivity contribution is 0.325. The Morgan fingerprint density at radius 1 is 0.947 bits per heavy atom. The maximum Gasteiger partial charge on any atom is 0.0198 e. The molecule has 1 heterocycles. The van der Waals surface area contributed by atoms with Crippen LogP contribution in [0, 0.1) is 23.7 Å². The number of hydrogen-bond donors (Lipinski definition) is 2. The fraction of sp³-hybridized carbons (Fsp3) is 1.00. The molecule has 1 aliphatic heterocycles. The first kappa shape index (κ1) is 12.6. The average Bonchev–Trinajstić information content (AvgIpc) is 3.32. The highest BCUT2D eigenvalue weighted by atomic mass is 15.0. The predicted molar refractivity (Wildman–Crippen MR) is 79.1 cm³/mol. The van der Waals surface area contributed by atoms with Crippen molar-refractivity contribution in [1.29, 1.82) is 0 Å². The van der Waals surface area contributed by atoms with Gasteiger partial charge in [-0.2, -0.15) is 0 Å². The van der Waals surface area contributed by atoms with Crippen molar-refractivity contribution in [2.45, 2.75) is 69.9 Å². The SMILES string of the molecule is C1CCC2NC(CNCC(C3CC3)C3CC3)CC2C1. The Morgan fingerprint density at radius 2 is 1.68 bits per heavy atom. The van der Waals surface area contributed by atoms with Crippen LogP contribution in [-0.4, -0.2) is 25.2 Å². The smallest absolute Gasteiger partial charge is 0.0198 e. The van der Waals surface area contributed by atoms with Crippen LogP contribution >= 0.6 is 0 Å². The van der Waals surface area contributed by atoms with E-state index >= 15 is 0 Å². The van der Waals surface area contributed by atoms with Crippen molar-refractivity contribution in [3.63, 3.8) is 0 Å². The van der Waals surface area contributed by atoms with E-state index in [1.165, 1.54) is 70.9 Å². The predicted octanol–water partition coefficient (Wildman–Crippen LogP) is 2.93. The van der Waals surface area contributed by atoms with E-state index in [1.54, 1.807) is 0 Å². The van der Waals surface area contributed by atoms with Crippen molar-refractivity contribution in [2.24, 2.45) is 23.7 Å². The summed E-state index contributed by atoms with van der Waals surface area (Å²) in [5.74, 6) is 4.23. The van der Waals surface area contributed by atoms with Crippen molar-refractivity contribution in [1.82, 2.24) is 10.6 Å². The highest BCUT2D eigenvalue weighted by Gasteiger charge is 2.41. The summed E-state index contributed by atoms with van der Waals surface area (Å²) in [5.41, 5.74) is 0. The second-order valence-corrected chi connectivity index (χ2v) is 7.75. The van der Waals surface area contributed by atoms with Gasteiger partial charge in [-0.1, -0.05) is 12.8 Å². The van der Waals surface area contributed by atoms with Crippen molar-refractivity contribution in [3.05, 3.63) is 0 Å². The summed E-state index contributed by atoms with van der Waals surface area (Å²) in [6.07, 6.45) is 13.4. The molecule has 0 amide bonds. The van der Waals surface area contributed by atoms with E-state index in [9.17, 15) is 0 Å². The van der Waals surface area contributed by atoms with Gasteiger partial charge in [-0.15, -0.1) is 0 Å². The number of nitrogens with one attached hydrogen (secondary N) is 2. The minimum Gasteiger partial charge on any atom is -0.315 e. The van der Waals surface area contributed by atoms with Crippen molar-refractivity contribution >= 4 is 0 Å². The molecule has 2 nitrogen and oxygen atoms in total. The molecule has 0 radical (unpaired) electrons. The molecule has 0 aromatic heterocycles. The quantitative estimate of drug-likeness (QED) is 0.769. The van der Waals surface area contributed by atoms with E-state index in [1.807, 2.05) is 0 Å². The summed E-state index contributed by atoms with van der Waals surface area (Å²) in [4.78, 5) is 0. The maximum absolute atomic E-state index is 3.89. The molecular formula is C17H30N2. The van der Waals surface area contributed by atoms with Crippen LogP contribution in [-0.2, 0) is 0 Å². The van der Waals surface area contributed by atoms with Crippen LogP contribution in [0.5, 0.6) is 0 Å². The largest absolute Gasteiger partial charge is 0.315 e. The summed E-state index contributed by atoms with van der Waals surface area (Å²) in [6, 6.07) is 1.63. The maximum atomic E-state index is 3.89. The van der Waals surface area contributed by atoms with Crippen LogP contribution in [0.15, 0.2) is 0 Å². The van der Waals surface area contributed by atoms with Gasteiger partial charge in [0.15, 0.2) is 0 Å². The molecule has 4 aliphatic rings. The van der Waals surface area contributed by atoms with Crippen LogP contribution < -0.4 is 10.6 Å². The lowest BCUT2D eigenvalue weighted by Crippen LogP contribution is -2.40. The standard InChI is InChI=1S/C17H30N2/c1-2-4-17-14(3-1)9-15(19-17)10-18-11-16(12-5-6-12)13-7-8-13/h12-19H,1-11H2. The Morgan fingerprint density at radius 3 is 2.37 bits per heavy atom. The molecule has 4 fully saturated rings. The van der Waals surface area contributed by atoms with Gasteiger partial charge in [-0.05, 0) is 75.2 Å². The van der Waals surface area contributed by atoms with E-state index in [0.29, 0.717) is 0 Å². The van der Waals surface area contributed by atoms with Gasteiger partial charge in [0, 0.05) is 18.6 Å². The van der Waals surface area contributed by atoms with Crippen molar-refractivity contribution in [2.75, 3.05) is 13.1 Å².